The maximum atomic E-state index is 5.91. The van der Waals surface area contributed by atoms with E-state index in [0.717, 1.165) is 29.9 Å². The van der Waals surface area contributed by atoms with Gasteiger partial charge in [0.15, 0.2) is 0 Å². The molecule has 0 unspecified atom stereocenters. The zero-order chi connectivity index (χ0) is 14.2. The van der Waals surface area contributed by atoms with Crippen LogP contribution in [-0.2, 0) is 18.0 Å². The Balaban J connectivity index is 1.97. The molecule has 0 atom stereocenters. The summed E-state index contributed by atoms with van der Waals surface area (Å²) in [6, 6.07) is 16.5. The molecule has 2 rings (SSSR count). The molecule has 0 aliphatic heterocycles. The van der Waals surface area contributed by atoms with E-state index >= 15 is 0 Å². The van der Waals surface area contributed by atoms with Crippen LogP contribution in [0.25, 0.3) is 0 Å². The summed E-state index contributed by atoms with van der Waals surface area (Å²) in [5, 5.41) is 0. The van der Waals surface area contributed by atoms with Crippen LogP contribution in [0, 0.1) is 6.92 Å². The molecule has 0 radical (unpaired) electrons. The normalized spacial score (nSPS) is 10.5. The van der Waals surface area contributed by atoms with Gasteiger partial charge in [-0.25, -0.2) is 0 Å². The summed E-state index contributed by atoms with van der Waals surface area (Å²) in [6.45, 7) is 6.23. The summed E-state index contributed by atoms with van der Waals surface area (Å²) in [6.07, 6.45) is 1.04. The van der Waals surface area contributed by atoms with E-state index in [0.29, 0.717) is 13.2 Å². The Kier molecular flexibility index (Phi) is 5.63. The lowest BCUT2D eigenvalue weighted by Gasteiger charge is -2.11. The number of aryl methyl sites for hydroxylation is 1. The Labute approximate surface area is 121 Å². The number of benzene rings is 2. The van der Waals surface area contributed by atoms with Gasteiger partial charge >= 0.3 is 0 Å². The van der Waals surface area contributed by atoms with Crippen molar-refractivity contribution in [2.24, 2.45) is 0 Å². The predicted molar refractivity (Wildman–Crippen MR) is 81.9 cm³/mol. The fraction of sp³-hybridized carbons (Fsp3) is 0.333. The van der Waals surface area contributed by atoms with E-state index in [1.807, 2.05) is 18.2 Å². The highest BCUT2D eigenvalue weighted by molar-refractivity contribution is 5.36. The topological polar surface area (TPSA) is 18.5 Å². The number of ether oxygens (including phenoxy) is 2. The highest BCUT2D eigenvalue weighted by Crippen LogP contribution is 2.21. The third-order valence-corrected chi connectivity index (χ3v) is 3.11. The number of hydrogen-bond acceptors (Lipinski definition) is 2. The van der Waals surface area contributed by atoms with Gasteiger partial charge in [0.05, 0.1) is 6.61 Å². The van der Waals surface area contributed by atoms with Crippen LogP contribution in [0.5, 0.6) is 5.75 Å². The van der Waals surface area contributed by atoms with Gasteiger partial charge in [-0.05, 0) is 36.1 Å². The van der Waals surface area contributed by atoms with Gasteiger partial charge in [0.25, 0.3) is 0 Å². The first-order valence-corrected chi connectivity index (χ1v) is 7.13. The number of hydrogen-bond donors (Lipinski definition) is 0. The second-order valence-electron chi connectivity index (χ2n) is 4.93. The smallest absolute Gasteiger partial charge is 0.123 e. The van der Waals surface area contributed by atoms with Crippen LogP contribution in [0.15, 0.2) is 48.5 Å². The van der Waals surface area contributed by atoms with Gasteiger partial charge in [0, 0.05) is 6.61 Å². The zero-order valence-electron chi connectivity index (χ0n) is 12.3. The molecule has 0 saturated carbocycles. The highest BCUT2D eigenvalue weighted by atomic mass is 16.5. The molecule has 106 valence electrons. The minimum atomic E-state index is 0.598. The lowest BCUT2D eigenvalue weighted by atomic mass is 10.1. The van der Waals surface area contributed by atoms with E-state index in [1.165, 1.54) is 5.56 Å². The molecule has 0 aliphatic carbocycles. The molecule has 0 aromatic heterocycles. The quantitative estimate of drug-likeness (QED) is 0.690. The Morgan fingerprint density at radius 3 is 2.45 bits per heavy atom. The van der Waals surface area contributed by atoms with E-state index in [4.69, 9.17) is 9.47 Å². The van der Waals surface area contributed by atoms with Crippen LogP contribution in [-0.4, -0.2) is 6.61 Å². The SMILES string of the molecule is CCCOCc1ccc(C)c(OCc2ccccc2)c1. The van der Waals surface area contributed by atoms with Crippen molar-refractivity contribution in [3.8, 4) is 5.75 Å². The van der Waals surface area contributed by atoms with Crippen molar-refractivity contribution in [1.82, 2.24) is 0 Å². The largest absolute Gasteiger partial charge is 0.489 e. The van der Waals surface area contributed by atoms with Gasteiger partial charge in [-0.3, -0.25) is 0 Å². The third kappa shape index (κ3) is 4.39. The molecule has 0 amide bonds. The minimum absolute atomic E-state index is 0.598. The van der Waals surface area contributed by atoms with Crippen molar-refractivity contribution in [3.05, 3.63) is 65.2 Å². The molecule has 0 spiro atoms. The van der Waals surface area contributed by atoms with E-state index in [-0.39, 0.29) is 0 Å². The van der Waals surface area contributed by atoms with Gasteiger partial charge < -0.3 is 9.47 Å². The van der Waals surface area contributed by atoms with E-state index in [2.05, 4.69) is 44.2 Å². The van der Waals surface area contributed by atoms with Crippen molar-refractivity contribution in [2.75, 3.05) is 6.61 Å². The molecule has 0 fully saturated rings. The molecule has 2 aromatic carbocycles. The Morgan fingerprint density at radius 2 is 1.70 bits per heavy atom. The molecule has 2 nitrogen and oxygen atoms in total. The summed E-state index contributed by atoms with van der Waals surface area (Å²) in [4.78, 5) is 0. The summed E-state index contributed by atoms with van der Waals surface area (Å²) in [7, 11) is 0. The van der Waals surface area contributed by atoms with Gasteiger partial charge in [0.1, 0.15) is 12.4 Å². The van der Waals surface area contributed by atoms with E-state index in [9.17, 15) is 0 Å². The maximum absolute atomic E-state index is 5.91. The zero-order valence-corrected chi connectivity index (χ0v) is 12.3. The summed E-state index contributed by atoms with van der Waals surface area (Å²) >= 11 is 0. The van der Waals surface area contributed by atoms with Crippen molar-refractivity contribution in [1.29, 1.82) is 0 Å². The predicted octanol–water partition coefficient (Wildman–Crippen LogP) is 4.50. The van der Waals surface area contributed by atoms with Crippen LogP contribution in [0.4, 0.5) is 0 Å². The van der Waals surface area contributed by atoms with Crippen molar-refractivity contribution in [2.45, 2.75) is 33.5 Å². The van der Waals surface area contributed by atoms with Crippen LogP contribution >= 0.6 is 0 Å². The van der Waals surface area contributed by atoms with E-state index < -0.39 is 0 Å². The first-order valence-electron chi connectivity index (χ1n) is 7.13. The highest BCUT2D eigenvalue weighted by Gasteiger charge is 2.03. The molecule has 0 saturated heterocycles. The first kappa shape index (κ1) is 14.6. The van der Waals surface area contributed by atoms with Crippen LogP contribution in [0.2, 0.25) is 0 Å². The van der Waals surface area contributed by atoms with Crippen molar-refractivity contribution < 1.29 is 9.47 Å². The summed E-state index contributed by atoms with van der Waals surface area (Å²) in [5.41, 5.74) is 3.49. The molecular weight excluding hydrogens is 248 g/mol. The number of rotatable bonds is 7. The van der Waals surface area contributed by atoms with Crippen LogP contribution in [0.3, 0.4) is 0 Å². The molecule has 0 aliphatic rings. The molecule has 20 heavy (non-hydrogen) atoms. The first-order chi connectivity index (χ1) is 9.79. The Morgan fingerprint density at radius 1 is 0.900 bits per heavy atom. The van der Waals surface area contributed by atoms with Gasteiger partial charge in [0.2, 0.25) is 0 Å². The standard InChI is InChI=1S/C18H22O2/c1-3-11-19-13-17-10-9-15(2)18(12-17)20-14-16-7-5-4-6-8-16/h4-10,12H,3,11,13-14H2,1-2H3. The average molecular weight is 270 g/mol. The molecule has 0 N–H and O–H groups in total. The Bertz CT molecular complexity index is 520. The van der Waals surface area contributed by atoms with Crippen molar-refractivity contribution >= 4 is 0 Å². The lowest BCUT2D eigenvalue weighted by Crippen LogP contribution is -1.99. The van der Waals surface area contributed by atoms with E-state index in [1.54, 1.807) is 0 Å². The summed E-state index contributed by atoms with van der Waals surface area (Å²) in [5.74, 6) is 0.937. The molecule has 0 heterocycles. The van der Waals surface area contributed by atoms with Crippen LogP contribution in [0.1, 0.15) is 30.0 Å². The Hall–Kier alpha value is -1.80. The van der Waals surface area contributed by atoms with Crippen molar-refractivity contribution in [3.63, 3.8) is 0 Å². The summed E-state index contributed by atoms with van der Waals surface area (Å²) < 4.78 is 11.5. The monoisotopic (exact) mass is 270 g/mol. The fourth-order valence-electron chi connectivity index (χ4n) is 1.96. The lowest BCUT2D eigenvalue weighted by molar-refractivity contribution is 0.121. The minimum Gasteiger partial charge on any atom is -0.489 e. The molecule has 2 aromatic rings. The molecule has 0 bridgehead atoms. The average Bonchev–Trinajstić information content (AvgIpc) is 2.49. The fourth-order valence-corrected chi connectivity index (χ4v) is 1.96. The van der Waals surface area contributed by atoms with Gasteiger partial charge in [-0.15, -0.1) is 0 Å². The second-order valence-corrected chi connectivity index (χ2v) is 4.93. The maximum Gasteiger partial charge on any atom is 0.123 e. The molecule has 2 heteroatoms. The molecular formula is C18H22O2. The third-order valence-electron chi connectivity index (χ3n) is 3.11. The van der Waals surface area contributed by atoms with Gasteiger partial charge in [-0.1, -0.05) is 49.4 Å². The second kappa shape index (κ2) is 7.71. The van der Waals surface area contributed by atoms with Gasteiger partial charge in [-0.2, -0.15) is 0 Å². The van der Waals surface area contributed by atoms with Crippen LogP contribution < -0.4 is 4.74 Å².